The van der Waals surface area contributed by atoms with Crippen molar-refractivity contribution in [2.24, 2.45) is 5.73 Å². The molecule has 0 fully saturated rings. The first-order valence-electron chi connectivity index (χ1n) is 4.68. The molecule has 0 spiro atoms. The summed E-state index contributed by atoms with van der Waals surface area (Å²) in [6.07, 6.45) is 0. The molecule has 0 saturated carbocycles. The molecule has 0 saturated heterocycles. The maximum absolute atomic E-state index is 8.90. The van der Waals surface area contributed by atoms with Crippen LogP contribution in [0, 0.1) is 0 Å². The summed E-state index contributed by atoms with van der Waals surface area (Å²) >= 11 is 3.40. The molecule has 4 nitrogen and oxygen atoms in total. The Morgan fingerprint density at radius 2 is 2.00 bits per heavy atom. The molecule has 0 aliphatic rings. The fourth-order valence-corrected chi connectivity index (χ4v) is 1.73. The topological polar surface area (TPSA) is 78.5 Å². The molecular weight excluding hydrogens is 260 g/mol. The smallest absolute Gasteiger partial charge is 0.0723 e. The molecular formula is C10H15BrN2O2. The fourth-order valence-electron chi connectivity index (χ4n) is 1.19. The van der Waals surface area contributed by atoms with Gasteiger partial charge in [-0.2, -0.15) is 0 Å². The van der Waals surface area contributed by atoms with Gasteiger partial charge in [-0.1, -0.05) is 22.0 Å². The van der Waals surface area contributed by atoms with Crippen LogP contribution in [0.1, 0.15) is 5.56 Å². The SMILES string of the molecule is NCc1ccc(NC(CO)CO)cc1Br. The van der Waals surface area contributed by atoms with E-state index in [-0.39, 0.29) is 19.3 Å². The van der Waals surface area contributed by atoms with Crippen molar-refractivity contribution in [1.29, 1.82) is 0 Å². The second-order valence-electron chi connectivity index (χ2n) is 3.22. The van der Waals surface area contributed by atoms with Gasteiger partial charge < -0.3 is 21.3 Å². The van der Waals surface area contributed by atoms with Crippen molar-refractivity contribution in [2.45, 2.75) is 12.6 Å². The van der Waals surface area contributed by atoms with Crippen molar-refractivity contribution in [1.82, 2.24) is 0 Å². The monoisotopic (exact) mass is 274 g/mol. The lowest BCUT2D eigenvalue weighted by atomic mass is 10.2. The van der Waals surface area contributed by atoms with E-state index in [2.05, 4.69) is 21.2 Å². The highest BCUT2D eigenvalue weighted by Gasteiger charge is 2.06. The maximum atomic E-state index is 8.90. The lowest BCUT2D eigenvalue weighted by molar-refractivity contribution is 0.204. The largest absolute Gasteiger partial charge is 0.394 e. The molecule has 0 heterocycles. The molecule has 0 amide bonds. The van der Waals surface area contributed by atoms with Crippen LogP contribution in [0.4, 0.5) is 5.69 Å². The number of aliphatic hydroxyl groups is 2. The Kier molecular flexibility index (Phi) is 5.04. The van der Waals surface area contributed by atoms with Gasteiger partial charge in [0.25, 0.3) is 0 Å². The van der Waals surface area contributed by atoms with Gasteiger partial charge in [-0.05, 0) is 17.7 Å². The number of benzene rings is 1. The number of anilines is 1. The number of nitrogens with one attached hydrogen (secondary N) is 1. The zero-order valence-electron chi connectivity index (χ0n) is 8.28. The number of nitrogens with two attached hydrogens (primary N) is 1. The standard InChI is InChI=1S/C10H15BrN2O2/c11-10-3-8(2-1-7(10)4-12)13-9(5-14)6-15/h1-3,9,13-15H,4-6,12H2. The highest BCUT2D eigenvalue weighted by molar-refractivity contribution is 9.10. The summed E-state index contributed by atoms with van der Waals surface area (Å²) in [4.78, 5) is 0. The molecule has 5 heteroatoms. The third kappa shape index (κ3) is 3.46. The van der Waals surface area contributed by atoms with Gasteiger partial charge in [-0.15, -0.1) is 0 Å². The van der Waals surface area contributed by atoms with Crippen molar-refractivity contribution in [3.63, 3.8) is 0 Å². The summed E-state index contributed by atoms with van der Waals surface area (Å²) < 4.78 is 0.921. The Balaban J connectivity index is 2.74. The quantitative estimate of drug-likeness (QED) is 0.637. The van der Waals surface area contributed by atoms with Crippen LogP contribution >= 0.6 is 15.9 Å². The molecule has 1 rings (SSSR count). The third-order valence-electron chi connectivity index (χ3n) is 2.08. The first-order chi connectivity index (χ1) is 7.21. The molecule has 84 valence electrons. The molecule has 15 heavy (non-hydrogen) atoms. The maximum Gasteiger partial charge on any atom is 0.0723 e. The van der Waals surface area contributed by atoms with E-state index in [0.29, 0.717) is 6.54 Å². The zero-order valence-corrected chi connectivity index (χ0v) is 9.87. The van der Waals surface area contributed by atoms with E-state index >= 15 is 0 Å². The minimum atomic E-state index is -0.333. The molecule has 0 aliphatic heterocycles. The van der Waals surface area contributed by atoms with Crippen molar-refractivity contribution in [3.05, 3.63) is 28.2 Å². The number of aliphatic hydroxyl groups excluding tert-OH is 2. The van der Waals surface area contributed by atoms with E-state index < -0.39 is 0 Å². The number of hydrogen-bond donors (Lipinski definition) is 4. The Hall–Kier alpha value is -0.620. The van der Waals surface area contributed by atoms with Crippen LogP contribution in [0.15, 0.2) is 22.7 Å². The Morgan fingerprint density at radius 3 is 2.47 bits per heavy atom. The predicted molar refractivity (Wildman–Crippen MR) is 63.6 cm³/mol. The van der Waals surface area contributed by atoms with E-state index in [1.165, 1.54) is 0 Å². The molecule has 0 aromatic heterocycles. The van der Waals surface area contributed by atoms with Gasteiger partial charge in [-0.3, -0.25) is 0 Å². The van der Waals surface area contributed by atoms with Crippen LogP contribution in [0.3, 0.4) is 0 Å². The normalized spacial score (nSPS) is 10.7. The third-order valence-corrected chi connectivity index (χ3v) is 2.82. The summed E-state index contributed by atoms with van der Waals surface area (Å²) in [5, 5.41) is 20.8. The minimum Gasteiger partial charge on any atom is -0.394 e. The summed E-state index contributed by atoms with van der Waals surface area (Å²) in [5.74, 6) is 0. The van der Waals surface area contributed by atoms with Crippen LogP contribution in [0.25, 0.3) is 0 Å². The molecule has 1 aromatic rings. The van der Waals surface area contributed by atoms with Gasteiger partial charge in [0.05, 0.1) is 19.3 Å². The Bertz CT molecular complexity index is 316. The Labute approximate surface area is 97.2 Å². The molecule has 0 radical (unpaired) electrons. The molecule has 0 unspecified atom stereocenters. The van der Waals surface area contributed by atoms with Crippen molar-refractivity contribution < 1.29 is 10.2 Å². The van der Waals surface area contributed by atoms with E-state index in [0.717, 1.165) is 15.7 Å². The second-order valence-corrected chi connectivity index (χ2v) is 4.07. The summed E-state index contributed by atoms with van der Waals surface area (Å²) in [6, 6.07) is 5.31. The van der Waals surface area contributed by atoms with Gasteiger partial charge in [0.2, 0.25) is 0 Å². The fraction of sp³-hybridized carbons (Fsp3) is 0.400. The molecule has 0 bridgehead atoms. The van der Waals surface area contributed by atoms with Crippen LogP contribution in [0.2, 0.25) is 0 Å². The minimum absolute atomic E-state index is 0.104. The van der Waals surface area contributed by atoms with Crippen LogP contribution in [0.5, 0.6) is 0 Å². The first-order valence-corrected chi connectivity index (χ1v) is 5.47. The molecule has 1 aromatic carbocycles. The lowest BCUT2D eigenvalue weighted by Crippen LogP contribution is -2.27. The average molecular weight is 275 g/mol. The average Bonchev–Trinajstić information content (AvgIpc) is 2.26. The van der Waals surface area contributed by atoms with Crippen LogP contribution in [-0.2, 0) is 6.54 Å². The summed E-state index contributed by atoms with van der Waals surface area (Å²) in [6.45, 7) is 0.268. The molecule has 5 N–H and O–H groups in total. The van der Waals surface area contributed by atoms with Gasteiger partial charge in [0.1, 0.15) is 0 Å². The van der Waals surface area contributed by atoms with E-state index in [1.54, 1.807) is 0 Å². The van der Waals surface area contributed by atoms with E-state index in [4.69, 9.17) is 15.9 Å². The summed E-state index contributed by atoms with van der Waals surface area (Å²) in [7, 11) is 0. The second kappa shape index (κ2) is 6.07. The first kappa shape index (κ1) is 12.4. The van der Waals surface area contributed by atoms with Crippen molar-refractivity contribution in [3.8, 4) is 0 Å². The van der Waals surface area contributed by atoms with Gasteiger partial charge in [-0.25, -0.2) is 0 Å². The number of rotatable bonds is 5. The van der Waals surface area contributed by atoms with Crippen LogP contribution in [-0.4, -0.2) is 29.5 Å². The number of hydrogen-bond acceptors (Lipinski definition) is 4. The van der Waals surface area contributed by atoms with E-state index in [1.807, 2.05) is 18.2 Å². The highest BCUT2D eigenvalue weighted by Crippen LogP contribution is 2.21. The van der Waals surface area contributed by atoms with Crippen molar-refractivity contribution in [2.75, 3.05) is 18.5 Å². The van der Waals surface area contributed by atoms with Gasteiger partial charge in [0, 0.05) is 16.7 Å². The molecule has 0 atom stereocenters. The zero-order chi connectivity index (χ0) is 11.3. The predicted octanol–water partition coefficient (Wildman–Crippen LogP) is 0.673. The lowest BCUT2D eigenvalue weighted by Gasteiger charge is -2.15. The van der Waals surface area contributed by atoms with E-state index in [9.17, 15) is 0 Å². The van der Waals surface area contributed by atoms with Crippen molar-refractivity contribution >= 4 is 21.6 Å². The Morgan fingerprint density at radius 1 is 1.33 bits per heavy atom. The van der Waals surface area contributed by atoms with Crippen LogP contribution < -0.4 is 11.1 Å². The molecule has 0 aliphatic carbocycles. The highest BCUT2D eigenvalue weighted by atomic mass is 79.9. The van der Waals surface area contributed by atoms with Gasteiger partial charge >= 0.3 is 0 Å². The summed E-state index contributed by atoms with van der Waals surface area (Å²) in [5.41, 5.74) is 7.38. The number of halogens is 1. The van der Waals surface area contributed by atoms with Gasteiger partial charge in [0.15, 0.2) is 0 Å².